The van der Waals surface area contributed by atoms with Crippen molar-refractivity contribution in [3.8, 4) is 0 Å². The van der Waals surface area contributed by atoms with Crippen LogP contribution in [0.25, 0.3) is 0 Å². The molecular formula is C18H37N2O3+. The molecule has 0 aromatic rings. The second kappa shape index (κ2) is 11.0. The maximum atomic E-state index is 11.2. The Morgan fingerprint density at radius 2 is 1.70 bits per heavy atom. The van der Waals surface area contributed by atoms with Gasteiger partial charge >= 0.3 is 5.97 Å². The molecule has 1 aliphatic rings. The standard InChI is InChI=1S/C18H36N2O3/c1-3-4-5-6-7-8-9-10-11-12-17-19-13-14-20(17,16(2)21)15-18(22)23/h16-17,19,21H,3-15H2,1-2H3/p+1. The maximum Gasteiger partial charge on any atom is 0.359 e. The number of quaternary nitrogens is 1. The number of aliphatic hydroxyl groups excluding tert-OH is 1. The minimum Gasteiger partial charge on any atom is -0.477 e. The van der Waals surface area contributed by atoms with Crippen molar-refractivity contribution in [2.75, 3.05) is 19.6 Å². The highest BCUT2D eigenvalue weighted by Gasteiger charge is 2.46. The molecule has 1 fully saturated rings. The number of aliphatic hydroxyl groups is 1. The number of hydrogen-bond acceptors (Lipinski definition) is 3. The maximum absolute atomic E-state index is 11.2. The molecule has 23 heavy (non-hydrogen) atoms. The highest BCUT2D eigenvalue weighted by Crippen LogP contribution is 2.25. The number of carboxylic acids is 1. The van der Waals surface area contributed by atoms with Crippen LogP contribution in [0, 0.1) is 0 Å². The highest BCUT2D eigenvalue weighted by molar-refractivity contribution is 5.68. The average molecular weight is 330 g/mol. The van der Waals surface area contributed by atoms with E-state index in [1.165, 1.54) is 51.4 Å². The first-order valence-electron chi connectivity index (χ1n) is 9.52. The first kappa shape index (κ1) is 20.4. The number of aliphatic carboxylic acids is 1. The van der Waals surface area contributed by atoms with Crippen molar-refractivity contribution < 1.29 is 19.5 Å². The summed E-state index contributed by atoms with van der Waals surface area (Å²) in [5.41, 5.74) is 0. The normalized spacial score (nSPS) is 25.6. The largest absolute Gasteiger partial charge is 0.477 e. The second-order valence-electron chi connectivity index (χ2n) is 7.10. The first-order valence-corrected chi connectivity index (χ1v) is 9.52. The molecule has 0 radical (unpaired) electrons. The summed E-state index contributed by atoms with van der Waals surface area (Å²) in [6.07, 6.45) is 12.0. The van der Waals surface area contributed by atoms with Gasteiger partial charge in [-0.1, -0.05) is 58.3 Å². The molecule has 0 spiro atoms. The molecule has 136 valence electrons. The molecule has 0 aliphatic carbocycles. The van der Waals surface area contributed by atoms with Crippen molar-refractivity contribution in [1.82, 2.24) is 5.32 Å². The summed E-state index contributed by atoms with van der Waals surface area (Å²) in [5, 5.41) is 22.7. The molecule has 1 heterocycles. The van der Waals surface area contributed by atoms with E-state index in [1.54, 1.807) is 6.92 Å². The Bertz CT molecular complexity index is 336. The molecule has 0 saturated carbocycles. The van der Waals surface area contributed by atoms with E-state index in [0.29, 0.717) is 6.54 Å². The lowest BCUT2D eigenvalue weighted by molar-refractivity contribution is -0.974. The number of carbonyl (C=O) groups is 1. The zero-order valence-electron chi connectivity index (χ0n) is 15.1. The molecule has 0 aromatic carbocycles. The molecule has 1 rings (SSSR count). The molecule has 0 bridgehead atoms. The van der Waals surface area contributed by atoms with E-state index in [1.807, 2.05) is 0 Å². The third-order valence-corrected chi connectivity index (χ3v) is 5.28. The first-order chi connectivity index (χ1) is 11.0. The SMILES string of the molecule is CCCCCCCCCCCC1NCC[N+]1(CC(=O)O)C(C)O. The minimum absolute atomic E-state index is 0.00671. The van der Waals surface area contributed by atoms with Gasteiger partial charge in [0, 0.05) is 13.3 Å². The third kappa shape index (κ3) is 6.77. The van der Waals surface area contributed by atoms with Crippen LogP contribution in [0.15, 0.2) is 0 Å². The fourth-order valence-corrected chi connectivity index (χ4v) is 3.80. The van der Waals surface area contributed by atoms with Gasteiger partial charge in [0.1, 0.15) is 6.17 Å². The van der Waals surface area contributed by atoms with Crippen LogP contribution in [-0.4, -0.2) is 52.7 Å². The fraction of sp³-hybridized carbons (Fsp3) is 0.944. The number of carboxylic acid groups (broad SMARTS) is 1. The van der Waals surface area contributed by atoms with Gasteiger partial charge < -0.3 is 10.2 Å². The molecule has 1 aliphatic heterocycles. The van der Waals surface area contributed by atoms with Crippen LogP contribution in [0.4, 0.5) is 0 Å². The van der Waals surface area contributed by atoms with E-state index in [-0.39, 0.29) is 17.2 Å². The number of rotatable bonds is 13. The van der Waals surface area contributed by atoms with Crippen molar-refractivity contribution in [2.45, 2.75) is 90.4 Å². The Balaban J connectivity index is 2.23. The van der Waals surface area contributed by atoms with E-state index in [4.69, 9.17) is 0 Å². The summed E-state index contributed by atoms with van der Waals surface area (Å²) in [6, 6.07) is 0. The Labute approximate surface area is 141 Å². The summed E-state index contributed by atoms with van der Waals surface area (Å²) < 4.78 is 0.270. The van der Waals surface area contributed by atoms with E-state index in [9.17, 15) is 15.0 Å². The van der Waals surface area contributed by atoms with Crippen LogP contribution < -0.4 is 5.32 Å². The second-order valence-corrected chi connectivity index (χ2v) is 7.10. The molecule has 5 nitrogen and oxygen atoms in total. The van der Waals surface area contributed by atoms with Gasteiger partial charge in [-0.05, 0) is 6.42 Å². The fourth-order valence-electron chi connectivity index (χ4n) is 3.80. The molecular weight excluding hydrogens is 292 g/mol. The van der Waals surface area contributed by atoms with Crippen LogP contribution in [0.3, 0.4) is 0 Å². The van der Waals surface area contributed by atoms with E-state index < -0.39 is 12.2 Å². The molecule has 0 amide bonds. The topological polar surface area (TPSA) is 69.6 Å². The van der Waals surface area contributed by atoms with Crippen molar-refractivity contribution in [2.24, 2.45) is 0 Å². The lowest BCUT2D eigenvalue weighted by Crippen LogP contribution is -2.61. The number of nitrogens with zero attached hydrogens (tertiary/aromatic N) is 1. The number of hydrogen-bond donors (Lipinski definition) is 3. The highest BCUT2D eigenvalue weighted by atomic mass is 16.4. The van der Waals surface area contributed by atoms with Gasteiger partial charge in [-0.2, -0.15) is 0 Å². The van der Waals surface area contributed by atoms with Gasteiger partial charge in [0.25, 0.3) is 0 Å². The van der Waals surface area contributed by atoms with Crippen LogP contribution in [0.5, 0.6) is 0 Å². The quantitative estimate of drug-likeness (QED) is 0.359. The Morgan fingerprint density at radius 3 is 2.22 bits per heavy atom. The molecule has 3 atom stereocenters. The summed E-state index contributed by atoms with van der Waals surface area (Å²) in [6.45, 7) is 5.46. The van der Waals surface area contributed by atoms with Crippen LogP contribution in [-0.2, 0) is 4.79 Å². The van der Waals surface area contributed by atoms with Gasteiger partial charge in [-0.25, -0.2) is 4.79 Å². The summed E-state index contributed by atoms with van der Waals surface area (Å²) in [4.78, 5) is 11.2. The van der Waals surface area contributed by atoms with Crippen LogP contribution in [0.2, 0.25) is 0 Å². The molecule has 3 N–H and O–H groups in total. The zero-order valence-corrected chi connectivity index (χ0v) is 15.1. The molecule has 0 aromatic heterocycles. The Kier molecular flexibility index (Phi) is 9.75. The number of nitrogens with one attached hydrogen (secondary N) is 1. The average Bonchev–Trinajstić information content (AvgIpc) is 2.89. The Hall–Kier alpha value is -0.650. The van der Waals surface area contributed by atoms with Crippen molar-refractivity contribution in [1.29, 1.82) is 0 Å². The third-order valence-electron chi connectivity index (χ3n) is 5.28. The van der Waals surface area contributed by atoms with E-state index in [2.05, 4.69) is 12.2 Å². The predicted molar refractivity (Wildman–Crippen MR) is 92.9 cm³/mol. The van der Waals surface area contributed by atoms with E-state index >= 15 is 0 Å². The van der Waals surface area contributed by atoms with Crippen molar-refractivity contribution >= 4 is 5.97 Å². The van der Waals surface area contributed by atoms with Crippen LogP contribution in [0.1, 0.15) is 78.1 Å². The van der Waals surface area contributed by atoms with Gasteiger partial charge in [0.05, 0.1) is 13.1 Å². The summed E-state index contributed by atoms with van der Waals surface area (Å²) in [7, 11) is 0. The number of unbranched alkanes of at least 4 members (excludes halogenated alkanes) is 8. The monoisotopic (exact) mass is 329 g/mol. The Morgan fingerprint density at radius 1 is 1.13 bits per heavy atom. The minimum atomic E-state index is -0.827. The summed E-state index contributed by atoms with van der Waals surface area (Å²) >= 11 is 0. The van der Waals surface area contributed by atoms with Gasteiger partial charge in [-0.15, -0.1) is 0 Å². The van der Waals surface area contributed by atoms with E-state index in [0.717, 1.165) is 19.4 Å². The van der Waals surface area contributed by atoms with Gasteiger partial charge in [0.15, 0.2) is 12.8 Å². The molecule has 1 saturated heterocycles. The lowest BCUT2D eigenvalue weighted by atomic mass is 10.1. The summed E-state index contributed by atoms with van der Waals surface area (Å²) in [5.74, 6) is -0.827. The smallest absolute Gasteiger partial charge is 0.359 e. The van der Waals surface area contributed by atoms with Crippen LogP contribution >= 0.6 is 0 Å². The van der Waals surface area contributed by atoms with Crippen molar-refractivity contribution in [3.63, 3.8) is 0 Å². The zero-order chi connectivity index (χ0) is 17.1. The lowest BCUT2D eigenvalue weighted by Gasteiger charge is -2.40. The predicted octanol–water partition coefficient (Wildman–Crippen LogP) is 3.08. The molecule has 3 unspecified atom stereocenters. The van der Waals surface area contributed by atoms with Gasteiger partial charge in [0.2, 0.25) is 0 Å². The molecule has 5 heteroatoms. The van der Waals surface area contributed by atoms with Crippen molar-refractivity contribution in [3.05, 3.63) is 0 Å². The van der Waals surface area contributed by atoms with Gasteiger partial charge in [-0.3, -0.25) is 9.80 Å².